The number of nitrogens with zero attached hydrogens (tertiary/aromatic N) is 2. The fourth-order valence-corrected chi connectivity index (χ4v) is 2.18. The third kappa shape index (κ3) is 4.03. The molecule has 1 aliphatic rings. The van der Waals surface area contributed by atoms with Gasteiger partial charge in [-0.1, -0.05) is 30.3 Å². The molecule has 7 heteroatoms. The zero-order valence-corrected chi connectivity index (χ0v) is 12.3. The zero-order chi connectivity index (χ0) is 16.1. The molecule has 0 aromatic heterocycles. The van der Waals surface area contributed by atoms with Gasteiger partial charge in [-0.3, -0.25) is 19.7 Å². The normalized spacial score (nSPS) is 19.3. The highest BCUT2D eigenvalue weighted by Gasteiger charge is 2.54. The molecule has 0 bridgehead atoms. The molecule has 2 rings (SSSR count). The van der Waals surface area contributed by atoms with Gasteiger partial charge in [0.05, 0.1) is 0 Å². The second-order valence-electron chi connectivity index (χ2n) is 5.20. The Hall–Kier alpha value is -2.44. The minimum absolute atomic E-state index is 0.196. The number of ether oxygens (including phenoxy) is 1. The van der Waals surface area contributed by atoms with E-state index in [4.69, 9.17) is 4.74 Å². The first kappa shape index (κ1) is 15.9. The van der Waals surface area contributed by atoms with Crippen LogP contribution >= 0.6 is 0 Å². The van der Waals surface area contributed by atoms with E-state index in [0.29, 0.717) is 13.1 Å². The summed E-state index contributed by atoms with van der Waals surface area (Å²) in [6.07, 6.45) is 0.196. The summed E-state index contributed by atoms with van der Waals surface area (Å²) in [6, 6.07) is 8.64. The molecule has 2 atom stereocenters. The summed E-state index contributed by atoms with van der Waals surface area (Å²) >= 11 is 0. The van der Waals surface area contributed by atoms with E-state index < -0.39 is 22.9 Å². The molecule has 1 aliphatic carbocycles. The molecule has 0 aliphatic heterocycles. The number of nitro groups is 1. The van der Waals surface area contributed by atoms with E-state index >= 15 is 0 Å². The first-order chi connectivity index (χ1) is 10.5. The van der Waals surface area contributed by atoms with Crippen LogP contribution in [0.4, 0.5) is 0 Å². The van der Waals surface area contributed by atoms with Crippen LogP contribution in [0.3, 0.4) is 0 Å². The number of amides is 1. The molecule has 0 N–H and O–H groups in total. The number of hydrogen-bond donors (Lipinski definition) is 0. The van der Waals surface area contributed by atoms with Crippen molar-refractivity contribution in [2.24, 2.45) is 5.92 Å². The monoisotopic (exact) mass is 306 g/mol. The van der Waals surface area contributed by atoms with Crippen molar-refractivity contribution in [2.75, 3.05) is 13.2 Å². The summed E-state index contributed by atoms with van der Waals surface area (Å²) in [4.78, 5) is 35.2. The van der Waals surface area contributed by atoms with Crippen molar-refractivity contribution < 1.29 is 19.2 Å². The van der Waals surface area contributed by atoms with Gasteiger partial charge in [-0.2, -0.15) is 0 Å². The number of hydrogen-bond acceptors (Lipinski definition) is 5. The highest BCUT2D eigenvalue weighted by molar-refractivity contribution is 5.82. The molecule has 0 heterocycles. The van der Waals surface area contributed by atoms with Crippen LogP contribution in [-0.2, 0) is 20.9 Å². The molecular weight excluding hydrogens is 288 g/mol. The Morgan fingerprint density at radius 2 is 2.05 bits per heavy atom. The Morgan fingerprint density at radius 1 is 1.36 bits per heavy atom. The summed E-state index contributed by atoms with van der Waals surface area (Å²) in [5, 5.41) is 10.5. The minimum Gasteiger partial charge on any atom is -0.455 e. The van der Waals surface area contributed by atoms with Gasteiger partial charge in [-0.25, -0.2) is 0 Å². The van der Waals surface area contributed by atoms with Gasteiger partial charge in [0.2, 0.25) is 6.04 Å². The third-order valence-electron chi connectivity index (χ3n) is 3.62. The average molecular weight is 306 g/mol. The highest BCUT2D eigenvalue weighted by atomic mass is 16.6. The Bertz CT molecular complexity index is 560. The number of likely N-dealkylation sites (N-methyl/N-ethyl adjacent to an activating group) is 1. The van der Waals surface area contributed by atoms with Crippen LogP contribution in [0, 0.1) is 16.0 Å². The molecule has 1 aromatic rings. The van der Waals surface area contributed by atoms with Crippen molar-refractivity contribution in [3.63, 3.8) is 0 Å². The van der Waals surface area contributed by atoms with Crippen LogP contribution in [0.1, 0.15) is 18.9 Å². The van der Waals surface area contributed by atoms with Gasteiger partial charge >= 0.3 is 5.97 Å². The van der Waals surface area contributed by atoms with E-state index in [1.54, 1.807) is 4.90 Å². The Kier molecular flexibility index (Phi) is 5.08. The summed E-state index contributed by atoms with van der Waals surface area (Å²) in [5.41, 5.74) is 0.986. The highest BCUT2D eigenvalue weighted by Crippen LogP contribution is 2.34. The number of esters is 1. The molecule has 22 heavy (non-hydrogen) atoms. The van der Waals surface area contributed by atoms with E-state index in [2.05, 4.69) is 0 Å². The van der Waals surface area contributed by atoms with Crippen LogP contribution < -0.4 is 0 Å². The average Bonchev–Trinajstić information content (AvgIpc) is 3.31. The van der Waals surface area contributed by atoms with E-state index in [1.807, 2.05) is 37.3 Å². The molecule has 0 saturated heterocycles. The zero-order valence-electron chi connectivity index (χ0n) is 12.3. The second kappa shape index (κ2) is 7.02. The standard InChI is InChI=1S/C15H18N2O5/c1-2-16(9-11-6-4-3-5-7-11)14(18)10-22-15(19)12-8-13(12)17(20)21/h3-7,12-13H,2,8-10H2,1H3. The van der Waals surface area contributed by atoms with Gasteiger partial charge in [0.25, 0.3) is 5.91 Å². The maximum Gasteiger partial charge on any atom is 0.316 e. The van der Waals surface area contributed by atoms with Gasteiger partial charge in [-0.05, 0) is 12.5 Å². The lowest BCUT2D eigenvalue weighted by molar-refractivity contribution is -0.497. The lowest BCUT2D eigenvalue weighted by Gasteiger charge is -2.20. The summed E-state index contributed by atoms with van der Waals surface area (Å²) < 4.78 is 4.89. The van der Waals surface area contributed by atoms with Gasteiger partial charge in [0.1, 0.15) is 5.92 Å². The Labute approximate surface area is 128 Å². The van der Waals surface area contributed by atoms with Crippen LogP contribution in [0.5, 0.6) is 0 Å². The maximum atomic E-state index is 12.1. The molecule has 1 amide bonds. The fraction of sp³-hybridized carbons (Fsp3) is 0.467. The van der Waals surface area contributed by atoms with E-state index in [0.717, 1.165) is 5.56 Å². The SMILES string of the molecule is CCN(Cc1ccccc1)C(=O)COC(=O)C1CC1[N+](=O)[O-]. The third-order valence-corrected chi connectivity index (χ3v) is 3.62. The van der Waals surface area contributed by atoms with Crippen molar-refractivity contribution in [1.29, 1.82) is 0 Å². The summed E-state index contributed by atoms with van der Waals surface area (Å²) in [5.74, 6) is -1.67. The molecular formula is C15H18N2O5. The predicted molar refractivity (Wildman–Crippen MR) is 77.4 cm³/mol. The first-order valence-electron chi connectivity index (χ1n) is 7.14. The fourth-order valence-electron chi connectivity index (χ4n) is 2.18. The molecule has 0 radical (unpaired) electrons. The van der Waals surface area contributed by atoms with Gasteiger partial charge < -0.3 is 9.64 Å². The minimum atomic E-state index is -0.853. The molecule has 1 aromatic carbocycles. The Morgan fingerprint density at radius 3 is 2.59 bits per heavy atom. The van der Waals surface area contributed by atoms with Crippen LogP contribution in [0.15, 0.2) is 30.3 Å². The summed E-state index contributed by atoms with van der Waals surface area (Å²) in [7, 11) is 0. The van der Waals surface area contributed by atoms with Gasteiger partial charge in [-0.15, -0.1) is 0 Å². The van der Waals surface area contributed by atoms with E-state index in [1.165, 1.54) is 0 Å². The topological polar surface area (TPSA) is 89.8 Å². The molecule has 2 unspecified atom stereocenters. The van der Waals surface area contributed by atoms with Crippen molar-refractivity contribution in [3.8, 4) is 0 Å². The molecule has 1 saturated carbocycles. The van der Waals surface area contributed by atoms with Gasteiger partial charge in [0, 0.05) is 24.4 Å². The predicted octanol–water partition coefficient (Wildman–Crippen LogP) is 1.24. The van der Waals surface area contributed by atoms with Crippen molar-refractivity contribution in [3.05, 3.63) is 46.0 Å². The molecule has 0 spiro atoms. The Balaban J connectivity index is 1.80. The molecule has 7 nitrogen and oxygen atoms in total. The lowest BCUT2D eigenvalue weighted by atomic mass is 10.2. The lowest BCUT2D eigenvalue weighted by Crippen LogP contribution is -2.34. The smallest absolute Gasteiger partial charge is 0.316 e. The number of rotatable bonds is 7. The molecule has 118 valence electrons. The number of carbonyl (C=O) groups excluding carboxylic acids is 2. The molecule has 1 fully saturated rings. The van der Waals surface area contributed by atoms with Crippen molar-refractivity contribution in [1.82, 2.24) is 4.90 Å². The van der Waals surface area contributed by atoms with Gasteiger partial charge in [0.15, 0.2) is 6.61 Å². The van der Waals surface area contributed by atoms with Crippen LogP contribution in [0.25, 0.3) is 0 Å². The van der Waals surface area contributed by atoms with Crippen LogP contribution in [0.2, 0.25) is 0 Å². The van der Waals surface area contributed by atoms with Crippen molar-refractivity contribution >= 4 is 11.9 Å². The van der Waals surface area contributed by atoms with Crippen LogP contribution in [-0.4, -0.2) is 40.9 Å². The second-order valence-corrected chi connectivity index (χ2v) is 5.20. The number of carbonyl (C=O) groups is 2. The maximum absolute atomic E-state index is 12.1. The number of benzene rings is 1. The van der Waals surface area contributed by atoms with E-state index in [-0.39, 0.29) is 18.9 Å². The van der Waals surface area contributed by atoms with E-state index in [9.17, 15) is 19.7 Å². The summed E-state index contributed by atoms with van der Waals surface area (Å²) in [6.45, 7) is 2.40. The quantitative estimate of drug-likeness (QED) is 0.429. The largest absolute Gasteiger partial charge is 0.455 e. The first-order valence-corrected chi connectivity index (χ1v) is 7.14. The van der Waals surface area contributed by atoms with Crippen molar-refractivity contribution in [2.45, 2.75) is 25.9 Å².